The van der Waals surface area contributed by atoms with Gasteiger partial charge in [-0.15, -0.1) is 11.3 Å². The van der Waals surface area contributed by atoms with Gasteiger partial charge in [-0.05, 0) is 30.0 Å². The van der Waals surface area contributed by atoms with Gasteiger partial charge in [0.2, 0.25) is 0 Å². The van der Waals surface area contributed by atoms with E-state index in [0.29, 0.717) is 19.5 Å². The Morgan fingerprint density at radius 3 is 2.86 bits per heavy atom. The normalized spacial score (nSPS) is 11.9. The standard InChI is InChI=1S/C15H19N3O2S/c19-11-12(8-13-4-1-2-6-16-13)9-17-15(20)18-10-14-5-3-7-21-14/h1-7,12,19H,8-11H2,(H2,17,18,20). The van der Waals surface area contributed by atoms with E-state index in [1.165, 1.54) is 0 Å². The number of rotatable bonds is 7. The second-order valence-electron chi connectivity index (χ2n) is 4.72. The fraction of sp³-hybridized carbons (Fsp3) is 0.333. The van der Waals surface area contributed by atoms with Crippen LogP contribution in [0, 0.1) is 5.92 Å². The van der Waals surface area contributed by atoms with Gasteiger partial charge in [0.1, 0.15) is 0 Å². The number of urea groups is 1. The highest BCUT2D eigenvalue weighted by atomic mass is 32.1. The van der Waals surface area contributed by atoms with E-state index in [2.05, 4.69) is 15.6 Å². The molecule has 0 aliphatic carbocycles. The van der Waals surface area contributed by atoms with Crippen molar-refractivity contribution in [2.24, 2.45) is 5.92 Å². The van der Waals surface area contributed by atoms with Crippen molar-refractivity contribution in [2.45, 2.75) is 13.0 Å². The molecule has 2 amide bonds. The van der Waals surface area contributed by atoms with Gasteiger partial charge in [-0.3, -0.25) is 4.98 Å². The summed E-state index contributed by atoms with van der Waals surface area (Å²) < 4.78 is 0. The number of thiophene rings is 1. The van der Waals surface area contributed by atoms with Gasteiger partial charge in [0, 0.05) is 35.8 Å². The lowest BCUT2D eigenvalue weighted by Gasteiger charge is -2.15. The van der Waals surface area contributed by atoms with Gasteiger partial charge < -0.3 is 15.7 Å². The van der Waals surface area contributed by atoms with Crippen LogP contribution in [-0.2, 0) is 13.0 Å². The monoisotopic (exact) mass is 305 g/mol. The zero-order chi connectivity index (χ0) is 14.9. The van der Waals surface area contributed by atoms with Gasteiger partial charge >= 0.3 is 6.03 Å². The minimum absolute atomic E-state index is 0.0157. The van der Waals surface area contributed by atoms with Crippen molar-refractivity contribution >= 4 is 17.4 Å². The summed E-state index contributed by atoms with van der Waals surface area (Å²) in [5.74, 6) is -0.0348. The summed E-state index contributed by atoms with van der Waals surface area (Å²) in [6, 6.07) is 9.39. The van der Waals surface area contributed by atoms with Gasteiger partial charge in [-0.2, -0.15) is 0 Å². The Hall–Kier alpha value is -1.92. The molecule has 2 heterocycles. The first-order valence-corrected chi connectivity index (χ1v) is 7.70. The van der Waals surface area contributed by atoms with Crippen molar-refractivity contribution in [1.82, 2.24) is 15.6 Å². The van der Waals surface area contributed by atoms with Crippen molar-refractivity contribution in [2.75, 3.05) is 13.2 Å². The zero-order valence-electron chi connectivity index (χ0n) is 11.7. The van der Waals surface area contributed by atoms with E-state index in [1.54, 1.807) is 17.5 Å². The Morgan fingerprint density at radius 2 is 2.19 bits per heavy atom. The van der Waals surface area contributed by atoms with Crippen LogP contribution >= 0.6 is 11.3 Å². The van der Waals surface area contributed by atoms with Crippen LogP contribution in [0.1, 0.15) is 10.6 Å². The fourth-order valence-corrected chi connectivity index (χ4v) is 2.54. The smallest absolute Gasteiger partial charge is 0.315 e. The molecule has 0 bridgehead atoms. The van der Waals surface area contributed by atoms with Gasteiger partial charge in [0.05, 0.1) is 6.54 Å². The lowest BCUT2D eigenvalue weighted by Crippen LogP contribution is -2.39. The number of aliphatic hydroxyl groups is 1. The molecule has 0 fully saturated rings. The number of hydrogen-bond donors (Lipinski definition) is 3. The number of hydrogen-bond acceptors (Lipinski definition) is 4. The van der Waals surface area contributed by atoms with Crippen molar-refractivity contribution in [3.05, 3.63) is 52.5 Å². The molecule has 6 heteroatoms. The van der Waals surface area contributed by atoms with E-state index in [4.69, 9.17) is 0 Å². The first kappa shape index (κ1) is 15.5. The van der Waals surface area contributed by atoms with Crippen LogP contribution in [0.15, 0.2) is 41.9 Å². The molecule has 1 unspecified atom stereocenters. The number of nitrogens with one attached hydrogen (secondary N) is 2. The maximum Gasteiger partial charge on any atom is 0.315 e. The van der Waals surface area contributed by atoms with Gasteiger partial charge in [-0.1, -0.05) is 12.1 Å². The summed E-state index contributed by atoms with van der Waals surface area (Å²) in [6.45, 7) is 0.957. The first-order valence-electron chi connectivity index (χ1n) is 6.82. The predicted molar refractivity (Wildman–Crippen MR) is 83.1 cm³/mol. The SMILES string of the molecule is O=C(NCc1cccs1)NCC(CO)Cc1ccccn1. The number of aliphatic hydroxyl groups excluding tert-OH is 1. The number of aromatic nitrogens is 1. The summed E-state index contributed by atoms with van der Waals surface area (Å²) in [6.07, 6.45) is 2.37. The number of carbonyl (C=O) groups is 1. The third kappa shape index (κ3) is 5.53. The average Bonchev–Trinajstić information content (AvgIpc) is 3.03. The summed E-state index contributed by atoms with van der Waals surface area (Å²) >= 11 is 1.60. The van der Waals surface area contributed by atoms with Crippen molar-refractivity contribution in [3.8, 4) is 0 Å². The molecule has 0 spiro atoms. The topological polar surface area (TPSA) is 74.2 Å². The average molecular weight is 305 g/mol. The third-order valence-corrected chi connectivity index (χ3v) is 3.91. The van der Waals surface area contributed by atoms with Crippen LogP contribution in [-0.4, -0.2) is 29.3 Å². The van der Waals surface area contributed by atoms with Crippen LogP contribution in [0.3, 0.4) is 0 Å². The molecule has 21 heavy (non-hydrogen) atoms. The summed E-state index contributed by atoms with van der Waals surface area (Å²) in [7, 11) is 0. The van der Waals surface area contributed by atoms with E-state index >= 15 is 0 Å². The molecule has 0 saturated carbocycles. The minimum atomic E-state index is -0.220. The van der Waals surface area contributed by atoms with Gasteiger partial charge in [-0.25, -0.2) is 4.79 Å². The highest BCUT2D eigenvalue weighted by Crippen LogP contribution is 2.07. The Bertz CT molecular complexity index is 531. The molecule has 0 aliphatic heterocycles. The van der Waals surface area contributed by atoms with Crippen molar-refractivity contribution in [1.29, 1.82) is 0 Å². The molecule has 1 atom stereocenters. The highest BCUT2D eigenvalue weighted by molar-refractivity contribution is 7.09. The molecule has 0 saturated heterocycles. The molecule has 2 rings (SSSR count). The van der Waals surface area contributed by atoms with E-state index < -0.39 is 0 Å². The molecule has 5 nitrogen and oxygen atoms in total. The van der Waals surface area contributed by atoms with Crippen LogP contribution in [0.4, 0.5) is 4.79 Å². The minimum Gasteiger partial charge on any atom is -0.396 e. The van der Waals surface area contributed by atoms with Crippen LogP contribution < -0.4 is 10.6 Å². The Kier molecular flexibility index (Phi) is 6.18. The predicted octanol–water partition coefficient (Wildman–Crippen LogP) is 1.79. The Labute approximate surface area is 128 Å². The number of amides is 2. The number of nitrogens with zero attached hydrogens (tertiary/aromatic N) is 1. The highest BCUT2D eigenvalue weighted by Gasteiger charge is 2.11. The largest absolute Gasteiger partial charge is 0.396 e. The van der Waals surface area contributed by atoms with Crippen molar-refractivity contribution < 1.29 is 9.90 Å². The summed E-state index contributed by atoms with van der Waals surface area (Å²) in [4.78, 5) is 17.0. The van der Waals surface area contributed by atoms with E-state index in [-0.39, 0.29) is 18.6 Å². The lowest BCUT2D eigenvalue weighted by molar-refractivity contribution is 0.213. The van der Waals surface area contributed by atoms with Crippen LogP contribution in [0.5, 0.6) is 0 Å². The molecule has 112 valence electrons. The molecule has 3 N–H and O–H groups in total. The van der Waals surface area contributed by atoms with Gasteiger partial charge in [0.15, 0.2) is 0 Å². The number of pyridine rings is 1. The molecule has 0 aromatic carbocycles. The molecular formula is C15H19N3O2S. The van der Waals surface area contributed by atoms with Crippen molar-refractivity contribution in [3.63, 3.8) is 0 Å². The van der Waals surface area contributed by atoms with E-state index in [1.807, 2.05) is 35.7 Å². The Balaban J connectivity index is 1.71. The van der Waals surface area contributed by atoms with E-state index in [0.717, 1.165) is 10.6 Å². The first-order chi connectivity index (χ1) is 10.3. The maximum atomic E-state index is 11.7. The molecule has 2 aromatic heterocycles. The second kappa shape index (κ2) is 8.39. The van der Waals surface area contributed by atoms with E-state index in [9.17, 15) is 9.90 Å². The maximum absolute atomic E-state index is 11.7. The molecule has 0 radical (unpaired) electrons. The summed E-state index contributed by atoms with van der Waals surface area (Å²) in [5, 5.41) is 16.9. The number of carbonyl (C=O) groups excluding carboxylic acids is 1. The lowest BCUT2D eigenvalue weighted by atomic mass is 10.0. The molecular weight excluding hydrogens is 286 g/mol. The Morgan fingerprint density at radius 1 is 1.29 bits per heavy atom. The second-order valence-corrected chi connectivity index (χ2v) is 5.75. The fourth-order valence-electron chi connectivity index (χ4n) is 1.90. The third-order valence-electron chi connectivity index (χ3n) is 3.04. The van der Waals surface area contributed by atoms with Crippen LogP contribution in [0.2, 0.25) is 0 Å². The van der Waals surface area contributed by atoms with Gasteiger partial charge in [0.25, 0.3) is 0 Å². The molecule has 2 aromatic rings. The zero-order valence-corrected chi connectivity index (χ0v) is 12.5. The van der Waals surface area contributed by atoms with Crippen LogP contribution in [0.25, 0.3) is 0 Å². The summed E-state index contributed by atoms with van der Waals surface area (Å²) in [5.41, 5.74) is 0.914. The quantitative estimate of drug-likeness (QED) is 0.730. The molecule has 0 aliphatic rings.